The Kier molecular flexibility index (Phi) is 5.81. The first kappa shape index (κ1) is 17.6. The van der Waals surface area contributed by atoms with Crippen molar-refractivity contribution >= 4 is 16.7 Å². The van der Waals surface area contributed by atoms with Crippen molar-refractivity contribution in [2.45, 2.75) is 39.2 Å². The number of rotatable bonds is 5. The van der Waals surface area contributed by atoms with Gasteiger partial charge in [-0.3, -0.25) is 9.59 Å². The third-order valence-corrected chi connectivity index (χ3v) is 4.67. The third-order valence-electron chi connectivity index (χ3n) is 4.67. The SMILES string of the molecule is CCCCCn1nc(C(=O)N2CCCNCC2)c2ccccc2c1=O. The van der Waals surface area contributed by atoms with Crippen LogP contribution in [0.15, 0.2) is 29.1 Å². The number of hydrogen-bond donors (Lipinski definition) is 1. The number of amides is 1. The Hall–Kier alpha value is -2.21. The van der Waals surface area contributed by atoms with Gasteiger partial charge in [0.05, 0.1) is 5.39 Å². The summed E-state index contributed by atoms with van der Waals surface area (Å²) in [5, 5.41) is 9.01. The van der Waals surface area contributed by atoms with E-state index in [9.17, 15) is 9.59 Å². The van der Waals surface area contributed by atoms with E-state index in [1.807, 2.05) is 23.1 Å². The molecule has 1 amide bonds. The predicted octanol–water partition coefficient (Wildman–Crippen LogP) is 2.02. The molecular weight excluding hydrogens is 316 g/mol. The van der Waals surface area contributed by atoms with Crippen LogP contribution in [-0.2, 0) is 6.54 Å². The van der Waals surface area contributed by atoms with Gasteiger partial charge in [0.25, 0.3) is 11.5 Å². The summed E-state index contributed by atoms with van der Waals surface area (Å²) in [4.78, 5) is 27.6. The van der Waals surface area contributed by atoms with Crippen LogP contribution >= 0.6 is 0 Å². The van der Waals surface area contributed by atoms with Gasteiger partial charge in [0, 0.05) is 31.6 Å². The molecule has 1 aliphatic rings. The Labute approximate surface area is 147 Å². The molecular formula is C19H26N4O2. The summed E-state index contributed by atoms with van der Waals surface area (Å²) in [5.41, 5.74) is 0.286. The average Bonchev–Trinajstić information content (AvgIpc) is 2.93. The molecule has 1 aliphatic heterocycles. The van der Waals surface area contributed by atoms with Crippen molar-refractivity contribution < 1.29 is 4.79 Å². The van der Waals surface area contributed by atoms with Crippen LogP contribution in [0.1, 0.15) is 43.1 Å². The van der Waals surface area contributed by atoms with Crippen molar-refractivity contribution in [3.8, 4) is 0 Å². The van der Waals surface area contributed by atoms with E-state index in [-0.39, 0.29) is 11.5 Å². The number of benzene rings is 1. The zero-order valence-electron chi connectivity index (χ0n) is 14.8. The quantitative estimate of drug-likeness (QED) is 0.844. The Morgan fingerprint density at radius 1 is 1.16 bits per heavy atom. The molecule has 25 heavy (non-hydrogen) atoms. The van der Waals surface area contributed by atoms with Gasteiger partial charge in [-0.15, -0.1) is 0 Å². The van der Waals surface area contributed by atoms with Crippen LogP contribution in [-0.4, -0.2) is 46.8 Å². The van der Waals surface area contributed by atoms with E-state index in [1.54, 1.807) is 6.07 Å². The molecule has 0 saturated carbocycles. The van der Waals surface area contributed by atoms with Gasteiger partial charge in [0.2, 0.25) is 0 Å². The van der Waals surface area contributed by atoms with Crippen LogP contribution in [0.25, 0.3) is 10.8 Å². The molecule has 1 fully saturated rings. The van der Waals surface area contributed by atoms with Gasteiger partial charge in [0.1, 0.15) is 0 Å². The van der Waals surface area contributed by atoms with Gasteiger partial charge >= 0.3 is 0 Å². The summed E-state index contributed by atoms with van der Waals surface area (Å²) < 4.78 is 1.47. The highest BCUT2D eigenvalue weighted by Gasteiger charge is 2.22. The van der Waals surface area contributed by atoms with Crippen molar-refractivity contribution in [3.05, 3.63) is 40.3 Å². The molecule has 6 nitrogen and oxygen atoms in total. The molecule has 2 aromatic rings. The van der Waals surface area contributed by atoms with Gasteiger partial charge in [-0.05, 0) is 25.5 Å². The molecule has 1 N–H and O–H groups in total. The highest BCUT2D eigenvalue weighted by atomic mass is 16.2. The molecule has 1 saturated heterocycles. The summed E-state index contributed by atoms with van der Waals surface area (Å²) in [6.07, 6.45) is 3.94. The lowest BCUT2D eigenvalue weighted by Gasteiger charge is -2.20. The van der Waals surface area contributed by atoms with E-state index < -0.39 is 0 Å². The summed E-state index contributed by atoms with van der Waals surface area (Å²) >= 11 is 0. The maximum Gasteiger partial charge on any atom is 0.274 e. The number of aryl methyl sites for hydroxylation is 1. The topological polar surface area (TPSA) is 67.2 Å². The Morgan fingerprint density at radius 3 is 2.76 bits per heavy atom. The number of carbonyl (C=O) groups excluding carboxylic acids is 1. The van der Waals surface area contributed by atoms with Gasteiger partial charge in [-0.1, -0.05) is 38.0 Å². The van der Waals surface area contributed by atoms with Gasteiger partial charge in [0.15, 0.2) is 5.69 Å². The van der Waals surface area contributed by atoms with Crippen LogP contribution in [0.2, 0.25) is 0 Å². The van der Waals surface area contributed by atoms with Crippen LogP contribution in [0, 0.1) is 0 Å². The number of hydrogen-bond acceptors (Lipinski definition) is 4. The van der Waals surface area contributed by atoms with E-state index >= 15 is 0 Å². The molecule has 0 bridgehead atoms. The molecule has 0 atom stereocenters. The molecule has 3 rings (SSSR count). The third kappa shape index (κ3) is 3.90. The first-order valence-electron chi connectivity index (χ1n) is 9.22. The summed E-state index contributed by atoms with van der Waals surface area (Å²) in [7, 11) is 0. The fourth-order valence-corrected chi connectivity index (χ4v) is 3.25. The first-order valence-corrected chi connectivity index (χ1v) is 9.22. The molecule has 6 heteroatoms. The van der Waals surface area contributed by atoms with Crippen molar-refractivity contribution in [1.82, 2.24) is 20.0 Å². The van der Waals surface area contributed by atoms with Crippen LogP contribution in [0.4, 0.5) is 0 Å². The Morgan fingerprint density at radius 2 is 1.96 bits per heavy atom. The smallest absolute Gasteiger partial charge is 0.274 e. The molecule has 0 radical (unpaired) electrons. The monoisotopic (exact) mass is 342 g/mol. The lowest BCUT2D eigenvalue weighted by molar-refractivity contribution is 0.0760. The number of carbonyl (C=O) groups is 1. The Bertz CT molecular complexity index is 792. The van der Waals surface area contributed by atoms with Crippen molar-refractivity contribution in [2.24, 2.45) is 0 Å². The van der Waals surface area contributed by atoms with E-state index in [4.69, 9.17) is 0 Å². The summed E-state index contributed by atoms with van der Waals surface area (Å²) in [6.45, 7) is 5.78. The van der Waals surface area contributed by atoms with Gasteiger partial charge in [-0.2, -0.15) is 5.10 Å². The molecule has 134 valence electrons. The largest absolute Gasteiger partial charge is 0.336 e. The second-order valence-electron chi connectivity index (χ2n) is 6.53. The number of aromatic nitrogens is 2. The number of fused-ring (bicyclic) bond motifs is 1. The molecule has 0 unspecified atom stereocenters. The van der Waals surface area contributed by atoms with Crippen LogP contribution in [0.5, 0.6) is 0 Å². The van der Waals surface area contributed by atoms with E-state index in [0.29, 0.717) is 29.6 Å². The lowest BCUT2D eigenvalue weighted by atomic mass is 10.1. The van der Waals surface area contributed by atoms with Crippen LogP contribution in [0.3, 0.4) is 0 Å². The zero-order chi connectivity index (χ0) is 17.6. The summed E-state index contributed by atoms with van der Waals surface area (Å²) in [5.74, 6) is -0.0795. The fraction of sp³-hybridized carbons (Fsp3) is 0.526. The first-order chi connectivity index (χ1) is 12.2. The van der Waals surface area contributed by atoms with Gasteiger partial charge in [-0.25, -0.2) is 4.68 Å². The fourth-order valence-electron chi connectivity index (χ4n) is 3.25. The second-order valence-corrected chi connectivity index (χ2v) is 6.53. The molecule has 0 aliphatic carbocycles. The maximum absolute atomic E-state index is 13.1. The van der Waals surface area contributed by atoms with Crippen LogP contribution < -0.4 is 10.9 Å². The Balaban J connectivity index is 2.01. The van der Waals surface area contributed by atoms with Gasteiger partial charge < -0.3 is 10.2 Å². The van der Waals surface area contributed by atoms with Crippen molar-refractivity contribution in [3.63, 3.8) is 0 Å². The highest BCUT2D eigenvalue weighted by molar-refractivity contribution is 6.04. The highest BCUT2D eigenvalue weighted by Crippen LogP contribution is 2.16. The average molecular weight is 342 g/mol. The molecule has 0 spiro atoms. The van der Waals surface area contributed by atoms with E-state index in [1.165, 1.54) is 4.68 Å². The minimum absolute atomic E-state index is 0.0795. The number of nitrogens with zero attached hydrogens (tertiary/aromatic N) is 3. The minimum atomic E-state index is -0.110. The van der Waals surface area contributed by atoms with Crippen molar-refractivity contribution in [2.75, 3.05) is 26.2 Å². The second kappa shape index (κ2) is 8.25. The number of unbranched alkanes of at least 4 members (excludes halogenated alkanes) is 2. The normalized spacial score (nSPS) is 15.3. The summed E-state index contributed by atoms with van der Waals surface area (Å²) in [6, 6.07) is 7.30. The molecule has 1 aromatic heterocycles. The van der Waals surface area contributed by atoms with E-state index in [0.717, 1.165) is 45.3 Å². The van der Waals surface area contributed by atoms with Crippen molar-refractivity contribution in [1.29, 1.82) is 0 Å². The zero-order valence-corrected chi connectivity index (χ0v) is 14.8. The lowest BCUT2D eigenvalue weighted by Crippen LogP contribution is -2.36. The number of nitrogens with one attached hydrogen (secondary N) is 1. The molecule has 1 aromatic carbocycles. The van der Waals surface area contributed by atoms with E-state index in [2.05, 4.69) is 17.3 Å². The minimum Gasteiger partial charge on any atom is -0.336 e. The standard InChI is InChI=1S/C19H26N4O2/c1-2-3-6-13-23-18(24)16-9-5-4-8-15(16)17(21-23)19(25)22-12-7-10-20-11-14-22/h4-5,8-9,20H,2-3,6-7,10-14H2,1H3. The predicted molar refractivity (Wildman–Crippen MR) is 98.9 cm³/mol. The molecule has 2 heterocycles. The maximum atomic E-state index is 13.1.